The molecule has 0 atom stereocenters. The Morgan fingerprint density at radius 3 is 1.83 bits per heavy atom. The largest absolute Gasteiger partial charge is 0.422 e. The summed E-state index contributed by atoms with van der Waals surface area (Å²) in [6.45, 7) is 4.50. The highest BCUT2D eigenvalue weighted by atomic mass is 32.1. The molecule has 0 fully saturated rings. The molecule has 0 spiro atoms. The maximum absolute atomic E-state index is 12.6. The van der Waals surface area contributed by atoms with Crippen molar-refractivity contribution in [3.63, 3.8) is 0 Å². The second-order valence-corrected chi connectivity index (χ2v) is 10.7. The molecule has 0 radical (unpaired) electrons. The van der Waals surface area contributed by atoms with Gasteiger partial charge < -0.3 is 4.74 Å². The third-order valence-corrected chi connectivity index (χ3v) is 7.69. The highest BCUT2D eigenvalue weighted by molar-refractivity contribution is 7.13. The van der Waals surface area contributed by atoms with Gasteiger partial charge in [0.1, 0.15) is 10.6 Å². The van der Waals surface area contributed by atoms with Crippen molar-refractivity contribution in [2.45, 2.75) is 97.3 Å². The third kappa shape index (κ3) is 9.64. The zero-order chi connectivity index (χ0) is 24.7. The maximum Gasteiger partial charge on any atom is 0.353 e. The predicted molar refractivity (Wildman–Crippen MR) is 151 cm³/mol. The van der Waals surface area contributed by atoms with Crippen LogP contribution in [0.15, 0.2) is 60.7 Å². The van der Waals surface area contributed by atoms with Gasteiger partial charge in [-0.3, -0.25) is 0 Å². The first-order valence-electron chi connectivity index (χ1n) is 13.7. The molecule has 0 saturated heterocycles. The lowest BCUT2D eigenvalue weighted by Gasteiger charge is -2.07. The molecule has 3 rings (SSSR count). The van der Waals surface area contributed by atoms with Gasteiger partial charge in [0.15, 0.2) is 0 Å². The van der Waals surface area contributed by atoms with Crippen molar-refractivity contribution in [1.82, 2.24) is 0 Å². The second-order valence-electron chi connectivity index (χ2n) is 9.56. The van der Waals surface area contributed by atoms with Crippen LogP contribution >= 0.6 is 11.3 Å². The molecule has 0 aliphatic carbocycles. The van der Waals surface area contributed by atoms with Crippen molar-refractivity contribution in [2.75, 3.05) is 0 Å². The Hall–Kier alpha value is -2.39. The van der Waals surface area contributed by atoms with E-state index in [1.165, 1.54) is 86.6 Å². The van der Waals surface area contributed by atoms with Crippen LogP contribution < -0.4 is 4.74 Å². The number of carbonyl (C=O) groups excluding carboxylic acids is 1. The van der Waals surface area contributed by atoms with Crippen LogP contribution in [0.1, 0.15) is 105 Å². The fourth-order valence-corrected chi connectivity index (χ4v) is 5.30. The fraction of sp³-hybridized carbons (Fsp3) is 0.469. The Bertz CT molecular complexity index is 985. The van der Waals surface area contributed by atoms with Gasteiger partial charge in [0.25, 0.3) is 0 Å². The fourth-order valence-electron chi connectivity index (χ4n) is 4.37. The molecule has 0 N–H and O–H groups in total. The Morgan fingerprint density at radius 1 is 0.629 bits per heavy atom. The van der Waals surface area contributed by atoms with Crippen molar-refractivity contribution in [3.8, 4) is 16.9 Å². The van der Waals surface area contributed by atoms with Crippen molar-refractivity contribution in [2.24, 2.45) is 0 Å². The molecular weight excluding hydrogens is 448 g/mol. The maximum atomic E-state index is 12.6. The number of benzene rings is 2. The summed E-state index contributed by atoms with van der Waals surface area (Å²) in [4.78, 5) is 14.6. The summed E-state index contributed by atoms with van der Waals surface area (Å²) in [5, 5.41) is 0. The summed E-state index contributed by atoms with van der Waals surface area (Å²) in [6, 6.07) is 20.7. The Morgan fingerprint density at radius 2 is 1.17 bits per heavy atom. The number of thiophene rings is 1. The van der Waals surface area contributed by atoms with Gasteiger partial charge in [0.05, 0.1) is 0 Å². The number of rotatable bonds is 16. The van der Waals surface area contributed by atoms with Crippen LogP contribution in [0.4, 0.5) is 0 Å². The molecule has 0 aliphatic rings. The van der Waals surface area contributed by atoms with E-state index in [1.54, 1.807) is 11.3 Å². The van der Waals surface area contributed by atoms with Crippen molar-refractivity contribution < 1.29 is 9.53 Å². The average molecular weight is 491 g/mol. The van der Waals surface area contributed by atoms with E-state index in [0.29, 0.717) is 10.6 Å². The van der Waals surface area contributed by atoms with Crippen LogP contribution in [0.3, 0.4) is 0 Å². The minimum atomic E-state index is -0.263. The molecule has 3 aromatic rings. The summed E-state index contributed by atoms with van der Waals surface area (Å²) in [5.74, 6) is 0.328. The SMILES string of the molecule is CCCCCCCCCc1ccc(C(=O)Oc2ccc(-c3ccc(CCCCCC)cc3)cc2)s1. The number of unbranched alkanes of at least 4 members (excludes halogenated alkanes) is 9. The zero-order valence-corrected chi connectivity index (χ0v) is 22.5. The van der Waals surface area contributed by atoms with Crippen LogP contribution in [0.25, 0.3) is 11.1 Å². The molecule has 0 saturated carbocycles. The standard InChI is InChI=1S/C32H42O2S/c1-3-5-7-9-10-11-13-15-30-24-25-31(35-30)32(33)34-29-22-20-28(21-23-29)27-18-16-26(17-19-27)14-12-8-6-4-2/h16-25H,3-15H2,1-2H3. The highest BCUT2D eigenvalue weighted by Crippen LogP contribution is 2.25. The summed E-state index contributed by atoms with van der Waals surface area (Å²) >= 11 is 1.57. The number of hydrogen-bond donors (Lipinski definition) is 0. The molecule has 0 bridgehead atoms. The number of ether oxygens (including phenoxy) is 1. The van der Waals surface area contributed by atoms with Gasteiger partial charge >= 0.3 is 5.97 Å². The molecule has 0 unspecified atom stereocenters. The lowest BCUT2D eigenvalue weighted by Crippen LogP contribution is -2.06. The van der Waals surface area contributed by atoms with Crippen molar-refractivity contribution in [1.29, 1.82) is 0 Å². The quantitative estimate of drug-likeness (QED) is 0.113. The molecule has 1 heterocycles. The van der Waals surface area contributed by atoms with Gasteiger partial charge in [0, 0.05) is 4.88 Å². The molecule has 1 aromatic heterocycles. The van der Waals surface area contributed by atoms with E-state index in [4.69, 9.17) is 4.74 Å². The minimum Gasteiger partial charge on any atom is -0.422 e. The van der Waals surface area contributed by atoms with E-state index in [9.17, 15) is 4.79 Å². The molecule has 2 aromatic carbocycles. The van der Waals surface area contributed by atoms with E-state index in [1.807, 2.05) is 30.3 Å². The van der Waals surface area contributed by atoms with E-state index in [2.05, 4.69) is 44.2 Å². The highest BCUT2D eigenvalue weighted by Gasteiger charge is 2.12. The van der Waals surface area contributed by atoms with Gasteiger partial charge in [-0.05, 0) is 66.6 Å². The lowest BCUT2D eigenvalue weighted by atomic mass is 10.0. The van der Waals surface area contributed by atoms with Crippen LogP contribution in [0.5, 0.6) is 5.75 Å². The minimum absolute atomic E-state index is 0.263. The number of carbonyl (C=O) groups is 1. The van der Waals surface area contributed by atoms with Crippen LogP contribution in [0, 0.1) is 0 Å². The van der Waals surface area contributed by atoms with Crippen LogP contribution in [-0.4, -0.2) is 5.97 Å². The number of hydrogen-bond acceptors (Lipinski definition) is 3. The molecule has 3 heteroatoms. The van der Waals surface area contributed by atoms with Gasteiger partial charge in [-0.15, -0.1) is 11.3 Å². The normalized spacial score (nSPS) is 11.0. The Kier molecular flexibility index (Phi) is 12.1. The number of aryl methyl sites for hydroxylation is 2. The number of esters is 1. The smallest absolute Gasteiger partial charge is 0.353 e. The summed E-state index contributed by atoms with van der Waals surface area (Å²) < 4.78 is 5.64. The second kappa shape index (κ2) is 15.6. The predicted octanol–water partition coefficient (Wildman–Crippen LogP) is 10.1. The lowest BCUT2D eigenvalue weighted by molar-refractivity contribution is 0.0740. The summed E-state index contributed by atoms with van der Waals surface area (Å²) in [7, 11) is 0. The first-order valence-corrected chi connectivity index (χ1v) is 14.5. The van der Waals surface area contributed by atoms with Gasteiger partial charge in [-0.1, -0.05) is 108 Å². The molecule has 188 valence electrons. The summed E-state index contributed by atoms with van der Waals surface area (Å²) in [5.41, 5.74) is 3.72. The Balaban J connectivity index is 1.43. The zero-order valence-electron chi connectivity index (χ0n) is 21.7. The van der Waals surface area contributed by atoms with E-state index in [-0.39, 0.29) is 5.97 Å². The average Bonchev–Trinajstić information content (AvgIpc) is 3.36. The molecule has 0 aliphatic heterocycles. The van der Waals surface area contributed by atoms with Gasteiger partial charge in [-0.2, -0.15) is 0 Å². The van der Waals surface area contributed by atoms with Crippen LogP contribution in [-0.2, 0) is 12.8 Å². The first-order chi connectivity index (χ1) is 17.2. The van der Waals surface area contributed by atoms with Crippen LogP contribution in [0.2, 0.25) is 0 Å². The molecule has 2 nitrogen and oxygen atoms in total. The topological polar surface area (TPSA) is 26.3 Å². The molecule has 0 amide bonds. The van der Waals surface area contributed by atoms with Crippen molar-refractivity contribution >= 4 is 17.3 Å². The summed E-state index contributed by atoms with van der Waals surface area (Å²) in [6.07, 6.45) is 16.5. The monoisotopic (exact) mass is 490 g/mol. The third-order valence-electron chi connectivity index (χ3n) is 6.56. The van der Waals surface area contributed by atoms with E-state index in [0.717, 1.165) is 18.4 Å². The van der Waals surface area contributed by atoms with E-state index >= 15 is 0 Å². The van der Waals surface area contributed by atoms with Crippen molar-refractivity contribution in [3.05, 3.63) is 76.0 Å². The Labute approximate surface area is 216 Å². The van der Waals surface area contributed by atoms with E-state index < -0.39 is 0 Å². The van der Waals surface area contributed by atoms with Gasteiger partial charge in [0.2, 0.25) is 0 Å². The molecular formula is C32H42O2S. The molecule has 35 heavy (non-hydrogen) atoms. The first kappa shape index (κ1) is 27.2. The van der Waals surface area contributed by atoms with Gasteiger partial charge in [-0.25, -0.2) is 4.79 Å².